The number of rotatable bonds is 7. The molecule has 2 rings (SSSR count). The maximum atomic E-state index is 11.8. The Morgan fingerprint density at radius 3 is 2.79 bits per heavy atom. The Morgan fingerprint density at radius 2 is 2.12 bits per heavy atom. The second-order valence-corrected chi connectivity index (χ2v) is 6.31. The van der Waals surface area contributed by atoms with Crippen molar-refractivity contribution in [3.8, 4) is 5.75 Å². The number of aromatic nitrogens is 3. The molecule has 0 unspecified atom stereocenters. The van der Waals surface area contributed by atoms with Gasteiger partial charge in [-0.1, -0.05) is 33.6 Å². The van der Waals surface area contributed by atoms with E-state index in [-0.39, 0.29) is 11.7 Å². The fourth-order valence-electron chi connectivity index (χ4n) is 2.37. The number of anilines is 1. The topological polar surface area (TPSA) is 92.3 Å². The van der Waals surface area contributed by atoms with Crippen LogP contribution in [-0.2, 0) is 11.3 Å². The minimum Gasteiger partial charge on any atom is -0.434 e. The predicted molar refractivity (Wildman–Crippen MR) is 93.0 cm³/mol. The summed E-state index contributed by atoms with van der Waals surface area (Å²) in [5, 5.41) is 5.04. The van der Waals surface area contributed by atoms with E-state index in [2.05, 4.69) is 17.0 Å². The van der Waals surface area contributed by atoms with Crippen molar-refractivity contribution < 1.29 is 14.3 Å². The number of aryl methyl sites for hydroxylation is 2. The third kappa shape index (κ3) is 4.15. The first-order chi connectivity index (χ1) is 11.4. The lowest BCUT2D eigenvalue weighted by molar-refractivity contribution is 0.0884. The number of carbonyl (C=O) groups is 1. The fraction of sp³-hybridized carbons (Fsp3) is 0.588. The second kappa shape index (κ2) is 7.99. The van der Waals surface area contributed by atoms with Gasteiger partial charge in [0.25, 0.3) is 0 Å². The number of pyridine rings is 1. The van der Waals surface area contributed by atoms with Crippen LogP contribution in [0.4, 0.5) is 10.5 Å². The minimum atomic E-state index is -0.769. The molecule has 2 heterocycles. The Labute approximate surface area is 142 Å². The molecule has 0 aliphatic carbocycles. The van der Waals surface area contributed by atoms with E-state index in [1.807, 2.05) is 18.5 Å². The zero-order chi connectivity index (χ0) is 17.7. The maximum Gasteiger partial charge on any atom is 0.513 e. The van der Waals surface area contributed by atoms with Gasteiger partial charge in [0.1, 0.15) is 0 Å². The smallest absolute Gasteiger partial charge is 0.434 e. The van der Waals surface area contributed by atoms with Crippen LogP contribution in [0, 0.1) is 12.8 Å². The molecule has 7 nitrogen and oxygen atoms in total. The van der Waals surface area contributed by atoms with E-state index in [9.17, 15) is 4.79 Å². The molecule has 132 valence electrons. The van der Waals surface area contributed by atoms with Gasteiger partial charge in [0, 0.05) is 6.54 Å². The van der Waals surface area contributed by atoms with Crippen molar-refractivity contribution in [2.24, 2.45) is 5.92 Å². The Bertz CT molecular complexity index is 709. The Morgan fingerprint density at radius 1 is 1.38 bits per heavy atom. The lowest BCUT2D eigenvalue weighted by Gasteiger charge is -2.12. The Balaban J connectivity index is 2.22. The summed E-state index contributed by atoms with van der Waals surface area (Å²) in [5.41, 5.74) is 7.78. The van der Waals surface area contributed by atoms with Crippen molar-refractivity contribution in [3.63, 3.8) is 0 Å². The highest BCUT2D eigenvalue weighted by Crippen LogP contribution is 2.32. The SMILES string of the molecule is CCCCCn1ncc2c(N)c(OC(=O)OCC(C)C)c(C)nc21. The Kier molecular flexibility index (Phi) is 6.00. The molecule has 0 spiro atoms. The first-order valence-electron chi connectivity index (χ1n) is 8.40. The van der Waals surface area contributed by atoms with Crippen LogP contribution in [0.5, 0.6) is 5.75 Å². The van der Waals surface area contributed by atoms with Gasteiger partial charge < -0.3 is 15.2 Å². The Hall–Kier alpha value is -2.31. The van der Waals surface area contributed by atoms with Crippen molar-refractivity contribution in [3.05, 3.63) is 11.9 Å². The zero-order valence-electron chi connectivity index (χ0n) is 14.8. The summed E-state index contributed by atoms with van der Waals surface area (Å²) in [7, 11) is 0. The number of ether oxygens (including phenoxy) is 2. The van der Waals surface area contributed by atoms with E-state index in [4.69, 9.17) is 15.2 Å². The van der Waals surface area contributed by atoms with Crippen molar-refractivity contribution in [1.29, 1.82) is 0 Å². The normalized spacial score (nSPS) is 11.2. The molecular weight excluding hydrogens is 308 g/mol. The summed E-state index contributed by atoms with van der Waals surface area (Å²) in [6, 6.07) is 0. The first kappa shape index (κ1) is 18.0. The molecule has 0 fully saturated rings. The zero-order valence-corrected chi connectivity index (χ0v) is 14.8. The summed E-state index contributed by atoms with van der Waals surface area (Å²) in [5.74, 6) is 0.474. The molecule has 0 amide bonds. The number of nitrogens with zero attached hydrogens (tertiary/aromatic N) is 3. The molecule has 0 atom stereocenters. The van der Waals surface area contributed by atoms with E-state index in [0.29, 0.717) is 29.0 Å². The van der Waals surface area contributed by atoms with Gasteiger partial charge in [0.05, 0.1) is 29.6 Å². The van der Waals surface area contributed by atoms with Crippen LogP contribution in [0.25, 0.3) is 11.0 Å². The molecular formula is C17H26N4O3. The van der Waals surface area contributed by atoms with Crippen LogP contribution in [0.3, 0.4) is 0 Å². The van der Waals surface area contributed by atoms with Crippen LogP contribution in [0.1, 0.15) is 45.7 Å². The van der Waals surface area contributed by atoms with Crippen LogP contribution in [0.2, 0.25) is 0 Å². The third-order valence-electron chi connectivity index (χ3n) is 3.64. The number of hydrogen-bond donors (Lipinski definition) is 1. The minimum absolute atomic E-state index is 0.234. The summed E-state index contributed by atoms with van der Waals surface area (Å²) >= 11 is 0. The number of fused-ring (bicyclic) bond motifs is 1. The first-order valence-corrected chi connectivity index (χ1v) is 8.40. The number of nitrogens with two attached hydrogens (primary N) is 1. The van der Waals surface area contributed by atoms with Gasteiger partial charge in [0.2, 0.25) is 0 Å². The van der Waals surface area contributed by atoms with Gasteiger partial charge in [-0.15, -0.1) is 0 Å². The van der Waals surface area contributed by atoms with Crippen molar-refractivity contribution in [1.82, 2.24) is 14.8 Å². The lowest BCUT2D eigenvalue weighted by Crippen LogP contribution is -2.16. The number of hydrogen-bond acceptors (Lipinski definition) is 6. The highest BCUT2D eigenvalue weighted by atomic mass is 16.7. The number of unbranched alkanes of at least 4 members (excludes halogenated alkanes) is 2. The molecule has 0 saturated heterocycles. The van der Waals surface area contributed by atoms with Gasteiger partial charge in [-0.2, -0.15) is 5.10 Å². The monoisotopic (exact) mass is 334 g/mol. The van der Waals surface area contributed by atoms with E-state index in [0.717, 1.165) is 25.8 Å². The van der Waals surface area contributed by atoms with Crippen molar-refractivity contribution in [2.75, 3.05) is 12.3 Å². The lowest BCUT2D eigenvalue weighted by atomic mass is 10.2. The molecule has 0 radical (unpaired) electrons. The molecule has 0 aromatic carbocycles. The van der Waals surface area contributed by atoms with Gasteiger partial charge >= 0.3 is 6.16 Å². The summed E-state index contributed by atoms with van der Waals surface area (Å²) in [6.45, 7) is 8.90. The van der Waals surface area contributed by atoms with Crippen LogP contribution in [0.15, 0.2) is 6.20 Å². The molecule has 0 saturated carbocycles. The third-order valence-corrected chi connectivity index (χ3v) is 3.64. The van der Waals surface area contributed by atoms with Crippen LogP contribution >= 0.6 is 0 Å². The van der Waals surface area contributed by atoms with Gasteiger partial charge in [-0.05, 0) is 19.3 Å². The largest absolute Gasteiger partial charge is 0.513 e. The highest BCUT2D eigenvalue weighted by Gasteiger charge is 2.18. The molecule has 2 aromatic heterocycles. The van der Waals surface area contributed by atoms with E-state index in [1.54, 1.807) is 13.1 Å². The van der Waals surface area contributed by atoms with E-state index >= 15 is 0 Å². The predicted octanol–water partition coefficient (Wildman–Crippen LogP) is 3.68. The molecule has 0 aliphatic heterocycles. The quantitative estimate of drug-likeness (QED) is 0.613. The van der Waals surface area contributed by atoms with Gasteiger partial charge in [-0.3, -0.25) is 0 Å². The van der Waals surface area contributed by atoms with E-state index < -0.39 is 6.16 Å². The van der Waals surface area contributed by atoms with Crippen molar-refractivity contribution in [2.45, 2.75) is 53.5 Å². The summed E-state index contributed by atoms with van der Waals surface area (Å²) in [4.78, 5) is 16.3. The number of carbonyl (C=O) groups excluding carboxylic acids is 1. The molecule has 0 bridgehead atoms. The maximum absolute atomic E-state index is 11.8. The fourth-order valence-corrected chi connectivity index (χ4v) is 2.37. The standard InChI is InChI=1S/C17H26N4O3/c1-5-6-7-8-21-16-13(9-19-21)14(18)15(12(4)20-16)24-17(22)23-10-11(2)3/h9,11H,5-8,10H2,1-4H3,(H2,18,20). The van der Waals surface area contributed by atoms with Gasteiger partial charge in [-0.25, -0.2) is 14.5 Å². The molecule has 2 aromatic rings. The highest BCUT2D eigenvalue weighted by molar-refractivity contribution is 5.92. The molecule has 0 aliphatic rings. The molecule has 24 heavy (non-hydrogen) atoms. The number of nitrogen functional groups attached to an aromatic ring is 1. The van der Waals surface area contributed by atoms with Crippen LogP contribution in [-0.4, -0.2) is 27.5 Å². The molecule has 2 N–H and O–H groups in total. The van der Waals surface area contributed by atoms with Gasteiger partial charge in [0.15, 0.2) is 11.4 Å². The summed E-state index contributed by atoms with van der Waals surface area (Å²) in [6.07, 6.45) is 4.21. The second-order valence-electron chi connectivity index (χ2n) is 6.31. The average molecular weight is 334 g/mol. The van der Waals surface area contributed by atoms with E-state index in [1.165, 1.54) is 0 Å². The average Bonchev–Trinajstić information content (AvgIpc) is 2.93. The molecule has 7 heteroatoms. The summed E-state index contributed by atoms with van der Waals surface area (Å²) < 4.78 is 12.1. The van der Waals surface area contributed by atoms with Crippen LogP contribution < -0.4 is 10.5 Å². The van der Waals surface area contributed by atoms with Crippen molar-refractivity contribution >= 4 is 22.9 Å².